The van der Waals surface area contributed by atoms with Gasteiger partial charge in [0.15, 0.2) is 0 Å². The molecule has 6 nitrogen and oxygen atoms in total. The Morgan fingerprint density at radius 3 is 2.62 bits per heavy atom. The molecule has 0 amide bonds. The molecule has 108 valence electrons. The van der Waals surface area contributed by atoms with Crippen LogP contribution in [0.15, 0.2) is 36.4 Å². The van der Waals surface area contributed by atoms with Crippen molar-refractivity contribution in [1.82, 2.24) is 0 Å². The van der Waals surface area contributed by atoms with E-state index in [4.69, 9.17) is 5.84 Å². The van der Waals surface area contributed by atoms with Crippen molar-refractivity contribution in [3.05, 3.63) is 57.6 Å². The van der Waals surface area contributed by atoms with E-state index in [0.29, 0.717) is 5.69 Å². The lowest BCUT2D eigenvalue weighted by Crippen LogP contribution is -2.10. The van der Waals surface area contributed by atoms with Crippen LogP contribution in [0.25, 0.3) is 0 Å². The Balaban J connectivity index is 1.96. The Kier molecular flexibility index (Phi) is 3.45. The van der Waals surface area contributed by atoms with Gasteiger partial charge in [-0.1, -0.05) is 12.1 Å². The second-order valence-corrected chi connectivity index (χ2v) is 5.07. The highest BCUT2D eigenvalue weighted by molar-refractivity contribution is 5.79. The minimum atomic E-state index is -0.440. The number of hydrogen-bond acceptors (Lipinski definition) is 5. The minimum Gasteiger partial charge on any atom is -0.350 e. The summed E-state index contributed by atoms with van der Waals surface area (Å²) in [6, 6.07) is 11.1. The Labute approximate surface area is 122 Å². The summed E-state index contributed by atoms with van der Waals surface area (Å²) in [7, 11) is 0. The molecule has 0 saturated carbocycles. The van der Waals surface area contributed by atoms with Crippen molar-refractivity contribution in [2.75, 3.05) is 10.7 Å². The monoisotopic (exact) mass is 284 g/mol. The zero-order valence-electron chi connectivity index (χ0n) is 11.4. The van der Waals surface area contributed by atoms with Gasteiger partial charge in [-0.15, -0.1) is 0 Å². The molecule has 2 aromatic rings. The fourth-order valence-electron chi connectivity index (χ4n) is 2.76. The third-order valence-corrected chi connectivity index (χ3v) is 3.75. The number of nitro groups is 1. The molecule has 0 radical (unpaired) electrons. The van der Waals surface area contributed by atoms with Crippen molar-refractivity contribution in [3.8, 4) is 0 Å². The zero-order chi connectivity index (χ0) is 14.8. The van der Waals surface area contributed by atoms with Crippen LogP contribution in [-0.4, -0.2) is 4.92 Å². The van der Waals surface area contributed by atoms with Gasteiger partial charge in [-0.25, -0.2) is 0 Å². The first kappa shape index (κ1) is 13.4. The molecule has 3 rings (SSSR count). The highest BCUT2D eigenvalue weighted by Crippen LogP contribution is 2.35. The van der Waals surface area contributed by atoms with E-state index in [9.17, 15) is 10.1 Å². The summed E-state index contributed by atoms with van der Waals surface area (Å²) in [6.45, 7) is 0. The number of anilines is 3. The number of nitrogen functional groups attached to an aromatic ring is 1. The van der Waals surface area contributed by atoms with Gasteiger partial charge in [-0.2, -0.15) is 0 Å². The molecule has 0 aromatic heterocycles. The van der Waals surface area contributed by atoms with Crippen molar-refractivity contribution >= 4 is 22.7 Å². The topological polar surface area (TPSA) is 93.2 Å². The van der Waals surface area contributed by atoms with E-state index in [0.717, 1.165) is 18.5 Å². The molecule has 0 bridgehead atoms. The average molecular weight is 284 g/mol. The number of fused-ring (bicyclic) bond motifs is 1. The highest BCUT2D eigenvalue weighted by atomic mass is 16.6. The molecule has 0 aliphatic heterocycles. The van der Waals surface area contributed by atoms with E-state index in [-0.39, 0.29) is 11.4 Å². The molecule has 0 fully saturated rings. The lowest BCUT2D eigenvalue weighted by atomic mass is 10.1. The Morgan fingerprint density at radius 2 is 1.86 bits per heavy atom. The van der Waals surface area contributed by atoms with Gasteiger partial charge in [-0.3, -0.25) is 16.0 Å². The molecule has 21 heavy (non-hydrogen) atoms. The number of nitrogens with one attached hydrogen (secondary N) is 2. The van der Waals surface area contributed by atoms with Gasteiger partial charge >= 0.3 is 5.69 Å². The summed E-state index contributed by atoms with van der Waals surface area (Å²) in [5.41, 5.74) is 6.55. The van der Waals surface area contributed by atoms with Crippen molar-refractivity contribution < 1.29 is 4.92 Å². The fourth-order valence-corrected chi connectivity index (χ4v) is 2.76. The first-order valence-corrected chi connectivity index (χ1v) is 6.82. The SMILES string of the molecule is NNc1cccc(Nc2ccc3c(c2)CCC3)c1[N+](=O)[O-]. The first-order chi connectivity index (χ1) is 10.2. The average Bonchev–Trinajstić information content (AvgIpc) is 2.94. The number of hydrazine groups is 1. The first-order valence-electron chi connectivity index (χ1n) is 6.82. The van der Waals surface area contributed by atoms with E-state index in [1.54, 1.807) is 18.2 Å². The van der Waals surface area contributed by atoms with E-state index in [1.165, 1.54) is 17.5 Å². The van der Waals surface area contributed by atoms with Crippen LogP contribution < -0.4 is 16.6 Å². The van der Waals surface area contributed by atoms with Crippen molar-refractivity contribution in [2.45, 2.75) is 19.3 Å². The molecular weight excluding hydrogens is 268 g/mol. The molecule has 0 saturated heterocycles. The van der Waals surface area contributed by atoms with Crippen LogP contribution in [-0.2, 0) is 12.8 Å². The Morgan fingerprint density at radius 1 is 1.10 bits per heavy atom. The predicted molar refractivity (Wildman–Crippen MR) is 82.7 cm³/mol. The smallest absolute Gasteiger partial charge is 0.316 e. The van der Waals surface area contributed by atoms with E-state index >= 15 is 0 Å². The van der Waals surface area contributed by atoms with Crippen molar-refractivity contribution in [2.24, 2.45) is 5.84 Å². The maximum absolute atomic E-state index is 11.2. The summed E-state index contributed by atoms with van der Waals surface area (Å²) in [5, 5.41) is 14.4. The van der Waals surface area contributed by atoms with Gasteiger partial charge in [-0.05, 0) is 54.7 Å². The number of para-hydroxylation sites is 1. The normalized spacial score (nSPS) is 12.8. The Hall–Kier alpha value is -2.60. The maximum Gasteiger partial charge on any atom is 0.316 e. The summed E-state index contributed by atoms with van der Waals surface area (Å²) >= 11 is 0. The molecule has 2 aromatic carbocycles. The van der Waals surface area contributed by atoms with Gasteiger partial charge in [0.1, 0.15) is 11.4 Å². The van der Waals surface area contributed by atoms with Gasteiger partial charge < -0.3 is 10.7 Å². The van der Waals surface area contributed by atoms with E-state index < -0.39 is 4.92 Å². The molecule has 4 N–H and O–H groups in total. The van der Waals surface area contributed by atoms with Gasteiger partial charge in [0.05, 0.1) is 4.92 Å². The number of benzene rings is 2. The molecule has 0 heterocycles. The standard InChI is InChI=1S/C15H16N4O2/c16-18-14-6-2-5-13(15(14)19(20)21)17-12-8-7-10-3-1-4-11(10)9-12/h2,5-9,17-18H,1,3-4,16H2. The number of rotatable bonds is 4. The predicted octanol–water partition coefficient (Wildman–Crippen LogP) is 3.11. The summed E-state index contributed by atoms with van der Waals surface area (Å²) in [6.07, 6.45) is 3.35. The van der Waals surface area contributed by atoms with Crippen molar-refractivity contribution in [1.29, 1.82) is 0 Å². The van der Waals surface area contributed by atoms with E-state index in [2.05, 4.69) is 22.9 Å². The third kappa shape index (κ3) is 2.53. The second kappa shape index (κ2) is 5.41. The summed E-state index contributed by atoms with van der Waals surface area (Å²) in [5.74, 6) is 5.34. The van der Waals surface area contributed by atoms with Crippen LogP contribution in [0, 0.1) is 10.1 Å². The Bertz CT molecular complexity index is 700. The van der Waals surface area contributed by atoms with Crippen LogP contribution in [0.4, 0.5) is 22.7 Å². The van der Waals surface area contributed by atoms with Crippen LogP contribution >= 0.6 is 0 Å². The lowest BCUT2D eigenvalue weighted by Gasteiger charge is -2.11. The molecule has 1 aliphatic rings. The number of aryl methyl sites for hydroxylation is 2. The molecule has 0 atom stereocenters. The third-order valence-electron chi connectivity index (χ3n) is 3.75. The quantitative estimate of drug-likeness (QED) is 0.455. The second-order valence-electron chi connectivity index (χ2n) is 5.07. The molecular formula is C15H16N4O2. The summed E-state index contributed by atoms with van der Waals surface area (Å²) < 4.78 is 0. The van der Waals surface area contributed by atoms with Crippen LogP contribution in [0.3, 0.4) is 0 Å². The lowest BCUT2D eigenvalue weighted by molar-refractivity contribution is -0.383. The maximum atomic E-state index is 11.2. The molecule has 0 unspecified atom stereocenters. The molecule has 0 spiro atoms. The largest absolute Gasteiger partial charge is 0.350 e. The van der Waals surface area contributed by atoms with E-state index in [1.807, 2.05) is 6.07 Å². The van der Waals surface area contributed by atoms with Gasteiger partial charge in [0.25, 0.3) is 0 Å². The molecule has 6 heteroatoms. The number of nitro benzene ring substituents is 1. The van der Waals surface area contributed by atoms with Gasteiger partial charge in [0.2, 0.25) is 0 Å². The van der Waals surface area contributed by atoms with Crippen LogP contribution in [0.5, 0.6) is 0 Å². The zero-order valence-corrected chi connectivity index (χ0v) is 11.4. The number of hydrogen-bond donors (Lipinski definition) is 3. The van der Waals surface area contributed by atoms with Crippen LogP contribution in [0.2, 0.25) is 0 Å². The van der Waals surface area contributed by atoms with Gasteiger partial charge in [0, 0.05) is 5.69 Å². The highest BCUT2D eigenvalue weighted by Gasteiger charge is 2.19. The number of nitrogens with zero attached hydrogens (tertiary/aromatic N) is 1. The number of nitrogens with two attached hydrogens (primary N) is 1. The van der Waals surface area contributed by atoms with Crippen LogP contribution in [0.1, 0.15) is 17.5 Å². The molecule has 1 aliphatic carbocycles. The summed E-state index contributed by atoms with van der Waals surface area (Å²) in [4.78, 5) is 10.8. The minimum absolute atomic E-state index is 0.0551. The van der Waals surface area contributed by atoms with Crippen molar-refractivity contribution in [3.63, 3.8) is 0 Å². The fraction of sp³-hybridized carbons (Fsp3) is 0.200.